The Morgan fingerprint density at radius 2 is 1.95 bits per heavy atom. The van der Waals surface area contributed by atoms with E-state index in [9.17, 15) is 0 Å². The summed E-state index contributed by atoms with van der Waals surface area (Å²) in [7, 11) is 1.67. The standard InChI is InChI=1S/C14H13BrCl2OS/c1-18-10-5-2-9(3-6-10)4-7-12(15)11-8-13(16)19-14(11)17/h2-3,5-6,8,12H,4,7H2,1H3. The highest BCUT2D eigenvalue weighted by Crippen LogP contribution is 2.40. The summed E-state index contributed by atoms with van der Waals surface area (Å²) in [5.41, 5.74) is 2.35. The van der Waals surface area contributed by atoms with Crippen LogP contribution in [-0.2, 0) is 6.42 Å². The van der Waals surface area contributed by atoms with E-state index in [2.05, 4.69) is 28.1 Å². The van der Waals surface area contributed by atoms with Gasteiger partial charge in [0.1, 0.15) is 5.75 Å². The molecule has 0 bridgehead atoms. The maximum Gasteiger partial charge on any atom is 0.118 e. The number of ether oxygens (including phenoxy) is 1. The lowest BCUT2D eigenvalue weighted by Crippen LogP contribution is -1.93. The third kappa shape index (κ3) is 4.12. The summed E-state index contributed by atoms with van der Waals surface area (Å²) in [5.74, 6) is 0.881. The first kappa shape index (κ1) is 15.2. The molecule has 2 aromatic rings. The Balaban J connectivity index is 1.96. The zero-order valence-corrected chi connectivity index (χ0v) is 14.2. The Morgan fingerprint density at radius 1 is 1.26 bits per heavy atom. The summed E-state index contributed by atoms with van der Waals surface area (Å²) in [5, 5.41) is 0. The molecule has 0 fully saturated rings. The Kier molecular flexibility index (Phi) is 5.58. The maximum absolute atomic E-state index is 6.15. The normalized spacial score (nSPS) is 12.4. The van der Waals surface area contributed by atoms with E-state index in [1.807, 2.05) is 18.2 Å². The smallest absolute Gasteiger partial charge is 0.118 e. The molecule has 0 saturated heterocycles. The second-order valence-electron chi connectivity index (χ2n) is 4.13. The van der Waals surface area contributed by atoms with Crippen molar-refractivity contribution in [2.24, 2.45) is 0 Å². The topological polar surface area (TPSA) is 9.23 Å². The van der Waals surface area contributed by atoms with Crippen LogP contribution in [0.3, 0.4) is 0 Å². The van der Waals surface area contributed by atoms with E-state index in [0.717, 1.165) is 32.8 Å². The number of benzene rings is 1. The Bertz CT molecular complexity index is 539. The highest BCUT2D eigenvalue weighted by Gasteiger charge is 2.14. The number of halogens is 3. The summed E-state index contributed by atoms with van der Waals surface area (Å²) in [4.78, 5) is 0.228. The van der Waals surface area contributed by atoms with E-state index >= 15 is 0 Å². The molecule has 0 radical (unpaired) electrons. The van der Waals surface area contributed by atoms with Crippen molar-refractivity contribution in [2.45, 2.75) is 17.7 Å². The van der Waals surface area contributed by atoms with Gasteiger partial charge in [-0.25, -0.2) is 0 Å². The minimum absolute atomic E-state index is 0.228. The van der Waals surface area contributed by atoms with E-state index in [-0.39, 0.29) is 4.83 Å². The van der Waals surface area contributed by atoms with Crippen molar-refractivity contribution in [3.63, 3.8) is 0 Å². The molecule has 1 aromatic heterocycles. The average molecular weight is 380 g/mol. The van der Waals surface area contributed by atoms with Crippen LogP contribution in [0.15, 0.2) is 30.3 Å². The lowest BCUT2D eigenvalue weighted by molar-refractivity contribution is 0.414. The van der Waals surface area contributed by atoms with Crippen LogP contribution >= 0.6 is 50.5 Å². The van der Waals surface area contributed by atoms with Crippen LogP contribution in [0.25, 0.3) is 0 Å². The van der Waals surface area contributed by atoms with Gasteiger partial charge < -0.3 is 4.74 Å². The van der Waals surface area contributed by atoms with Crippen molar-refractivity contribution in [2.75, 3.05) is 7.11 Å². The molecule has 1 heterocycles. The molecule has 0 spiro atoms. The molecule has 0 N–H and O–H groups in total. The average Bonchev–Trinajstić information content (AvgIpc) is 2.75. The van der Waals surface area contributed by atoms with Crippen molar-refractivity contribution in [1.82, 2.24) is 0 Å². The molecular formula is C14H13BrCl2OS. The predicted octanol–water partition coefficient (Wildman–Crippen LogP) is 6.13. The van der Waals surface area contributed by atoms with Crippen molar-refractivity contribution in [1.29, 1.82) is 0 Å². The quantitative estimate of drug-likeness (QED) is 0.567. The van der Waals surface area contributed by atoms with Crippen LogP contribution in [0.4, 0.5) is 0 Å². The summed E-state index contributed by atoms with van der Waals surface area (Å²) >= 11 is 17.2. The molecule has 5 heteroatoms. The van der Waals surface area contributed by atoms with Gasteiger partial charge in [0.2, 0.25) is 0 Å². The fraction of sp³-hybridized carbons (Fsp3) is 0.286. The molecular weight excluding hydrogens is 367 g/mol. The fourth-order valence-corrected chi connectivity index (χ4v) is 4.26. The lowest BCUT2D eigenvalue weighted by atomic mass is 10.1. The predicted molar refractivity (Wildman–Crippen MR) is 87.3 cm³/mol. The van der Waals surface area contributed by atoms with Gasteiger partial charge in [-0.05, 0) is 42.2 Å². The van der Waals surface area contributed by atoms with E-state index in [1.54, 1.807) is 7.11 Å². The molecule has 1 atom stereocenters. The first-order chi connectivity index (χ1) is 9.10. The molecule has 1 unspecified atom stereocenters. The van der Waals surface area contributed by atoms with Crippen LogP contribution in [0.2, 0.25) is 8.67 Å². The second kappa shape index (κ2) is 6.98. The van der Waals surface area contributed by atoms with Gasteiger partial charge in [-0.2, -0.15) is 0 Å². The van der Waals surface area contributed by atoms with Crippen LogP contribution < -0.4 is 4.74 Å². The Morgan fingerprint density at radius 3 is 2.47 bits per heavy atom. The summed E-state index contributed by atoms with van der Waals surface area (Å²) in [6, 6.07) is 10.1. The van der Waals surface area contributed by atoms with Gasteiger partial charge in [-0.15, -0.1) is 11.3 Å². The first-order valence-electron chi connectivity index (χ1n) is 5.82. The molecule has 19 heavy (non-hydrogen) atoms. The minimum Gasteiger partial charge on any atom is -0.497 e. The monoisotopic (exact) mass is 378 g/mol. The zero-order chi connectivity index (χ0) is 13.8. The van der Waals surface area contributed by atoms with Crippen molar-refractivity contribution in [3.05, 3.63) is 50.1 Å². The third-order valence-corrected chi connectivity index (χ3v) is 5.34. The largest absolute Gasteiger partial charge is 0.497 e. The Labute approximate surface area is 135 Å². The van der Waals surface area contributed by atoms with Gasteiger partial charge in [-0.1, -0.05) is 51.3 Å². The molecule has 1 nitrogen and oxygen atoms in total. The summed E-state index contributed by atoms with van der Waals surface area (Å²) in [6.07, 6.45) is 1.95. The van der Waals surface area contributed by atoms with Crippen molar-refractivity contribution in [3.8, 4) is 5.75 Å². The molecule has 0 aliphatic rings. The fourth-order valence-electron chi connectivity index (χ4n) is 1.81. The van der Waals surface area contributed by atoms with Gasteiger partial charge in [0.25, 0.3) is 0 Å². The second-order valence-corrected chi connectivity index (χ2v) is 7.52. The molecule has 0 aliphatic carbocycles. The van der Waals surface area contributed by atoms with Gasteiger partial charge >= 0.3 is 0 Å². The molecule has 0 saturated carbocycles. The number of rotatable bonds is 5. The minimum atomic E-state index is 0.228. The van der Waals surface area contributed by atoms with Gasteiger partial charge in [0.05, 0.1) is 15.8 Å². The highest BCUT2D eigenvalue weighted by molar-refractivity contribution is 9.09. The molecule has 0 amide bonds. The van der Waals surface area contributed by atoms with E-state index in [4.69, 9.17) is 27.9 Å². The zero-order valence-electron chi connectivity index (χ0n) is 10.3. The molecule has 2 rings (SSSR count). The number of aryl methyl sites for hydroxylation is 1. The summed E-state index contributed by atoms with van der Waals surface area (Å²) < 4.78 is 6.64. The van der Waals surface area contributed by atoms with E-state index in [0.29, 0.717) is 0 Å². The number of hydrogen-bond acceptors (Lipinski definition) is 2. The number of alkyl halides is 1. The van der Waals surface area contributed by atoms with E-state index < -0.39 is 0 Å². The van der Waals surface area contributed by atoms with Crippen molar-refractivity contribution >= 4 is 50.5 Å². The number of thiophene rings is 1. The highest BCUT2D eigenvalue weighted by atomic mass is 79.9. The van der Waals surface area contributed by atoms with Crippen molar-refractivity contribution < 1.29 is 4.74 Å². The first-order valence-corrected chi connectivity index (χ1v) is 8.30. The summed E-state index contributed by atoms with van der Waals surface area (Å²) in [6.45, 7) is 0. The lowest BCUT2D eigenvalue weighted by Gasteiger charge is -2.09. The SMILES string of the molecule is COc1ccc(CCC(Br)c2cc(Cl)sc2Cl)cc1. The van der Waals surface area contributed by atoms with Crippen LogP contribution in [0.1, 0.15) is 22.4 Å². The molecule has 1 aromatic carbocycles. The van der Waals surface area contributed by atoms with Gasteiger partial charge in [0, 0.05) is 4.83 Å². The van der Waals surface area contributed by atoms with Gasteiger partial charge in [-0.3, -0.25) is 0 Å². The van der Waals surface area contributed by atoms with Crippen LogP contribution in [0.5, 0.6) is 5.75 Å². The van der Waals surface area contributed by atoms with Crippen LogP contribution in [-0.4, -0.2) is 7.11 Å². The maximum atomic E-state index is 6.15. The van der Waals surface area contributed by atoms with Crippen LogP contribution in [0, 0.1) is 0 Å². The van der Waals surface area contributed by atoms with E-state index in [1.165, 1.54) is 16.9 Å². The number of hydrogen-bond donors (Lipinski definition) is 0. The molecule has 0 aliphatic heterocycles. The third-order valence-electron chi connectivity index (χ3n) is 2.87. The number of methoxy groups -OCH3 is 1. The molecule has 102 valence electrons. The Hall–Kier alpha value is -0.220. The van der Waals surface area contributed by atoms with Gasteiger partial charge in [0.15, 0.2) is 0 Å².